The summed E-state index contributed by atoms with van der Waals surface area (Å²) in [5.74, 6) is 1.12. The summed E-state index contributed by atoms with van der Waals surface area (Å²) in [6.07, 6.45) is 2.30. The minimum atomic E-state index is -0.238. The molecule has 2 amide bonds. The average molecular weight is 517 g/mol. The molecule has 9 heteroatoms. The van der Waals surface area contributed by atoms with Gasteiger partial charge in [-0.25, -0.2) is 14.4 Å². The van der Waals surface area contributed by atoms with Gasteiger partial charge in [0.25, 0.3) is 5.91 Å². The first-order valence-electron chi connectivity index (χ1n) is 13.0. The van der Waals surface area contributed by atoms with E-state index in [0.29, 0.717) is 66.9 Å². The number of aromatic amines is 1. The fourth-order valence-corrected chi connectivity index (χ4v) is 4.61. The Bertz CT molecular complexity index is 1350. The molecule has 1 saturated heterocycles. The monoisotopic (exact) mass is 516 g/mol. The van der Waals surface area contributed by atoms with Crippen molar-refractivity contribution < 1.29 is 14.0 Å². The fraction of sp³-hybridized carbons (Fsp3) is 0.310. The van der Waals surface area contributed by atoms with Crippen molar-refractivity contribution >= 4 is 29.2 Å². The summed E-state index contributed by atoms with van der Waals surface area (Å²) >= 11 is 0. The standard InChI is InChI=1S/C27H27FN6O2.C2H6/c28-21-8-6-18(7-9-21)19-10-14-34(15-11-19)27(36)23-16-22-25(30-13-12-29-17-35)32-24(33-26(22)31-23)20-4-2-1-3-5-20;1-2/h1-9,16-17,19H,10-15H2,(H,29,35)(H2,30,31,32,33);1-2H3. The number of hydrogen-bond acceptors (Lipinski definition) is 5. The van der Waals surface area contributed by atoms with E-state index in [-0.39, 0.29) is 11.7 Å². The molecule has 8 nitrogen and oxygen atoms in total. The number of aromatic nitrogens is 3. The summed E-state index contributed by atoms with van der Waals surface area (Å²) in [5, 5.41) is 6.59. The lowest BCUT2D eigenvalue weighted by Crippen LogP contribution is -2.38. The summed E-state index contributed by atoms with van der Waals surface area (Å²) in [6, 6.07) is 18.1. The van der Waals surface area contributed by atoms with Crippen LogP contribution in [0.15, 0.2) is 60.7 Å². The van der Waals surface area contributed by atoms with Crippen LogP contribution in [-0.4, -0.2) is 58.3 Å². The number of H-pyrrole nitrogens is 1. The average Bonchev–Trinajstić information content (AvgIpc) is 3.41. The molecule has 0 unspecified atom stereocenters. The number of hydrogen-bond donors (Lipinski definition) is 3. The Labute approximate surface area is 221 Å². The zero-order chi connectivity index (χ0) is 26.9. The van der Waals surface area contributed by atoms with E-state index in [1.165, 1.54) is 12.1 Å². The van der Waals surface area contributed by atoms with Gasteiger partial charge >= 0.3 is 0 Å². The molecule has 4 aromatic rings. The molecule has 3 heterocycles. The molecule has 0 aliphatic carbocycles. The Morgan fingerprint density at radius 3 is 2.45 bits per heavy atom. The Morgan fingerprint density at radius 2 is 1.76 bits per heavy atom. The number of halogens is 1. The van der Waals surface area contributed by atoms with Gasteiger partial charge in [-0.15, -0.1) is 0 Å². The van der Waals surface area contributed by atoms with Gasteiger partial charge in [0.1, 0.15) is 23.0 Å². The smallest absolute Gasteiger partial charge is 0.270 e. The molecule has 198 valence electrons. The van der Waals surface area contributed by atoms with Crippen LogP contribution in [0.4, 0.5) is 10.2 Å². The van der Waals surface area contributed by atoms with E-state index >= 15 is 0 Å². The molecule has 2 aromatic heterocycles. The zero-order valence-electron chi connectivity index (χ0n) is 21.7. The van der Waals surface area contributed by atoms with Gasteiger partial charge in [0, 0.05) is 31.7 Å². The van der Waals surface area contributed by atoms with E-state index in [2.05, 4.69) is 20.6 Å². The zero-order valence-corrected chi connectivity index (χ0v) is 21.7. The first-order chi connectivity index (χ1) is 18.6. The summed E-state index contributed by atoms with van der Waals surface area (Å²) in [6.45, 7) is 6.17. The van der Waals surface area contributed by atoms with Gasteiger partial charge in [0.15, 0.2) is 5.82 Å². The molecule has 1 aliphatic rings. The van der Waals surface area contributed by atoms with E-state index in [9.17, 15) is 14.0 Å². The predicted molar refractivity (Wildman–Crippen MR) is 148 cm³/mol. The Morgan fingerprint density at radius 1 is 1.05 bits per heavy atom. The lowest BCUT2D eigenvalue weighted by Gasteiger charge is -2.32. The molecule has 1 fully saturated rings. The second-order valence-electron chi connectivity index (χ2n) is 8.82. The minimum Gasteiger partial charge on any atom is -0.368 e. The summed E-state index contributed by atoms with van der Waals surface area (Å²) in [5.41, 5.74) is 2.99. The Hall–Kier alpha value is -4.27. The fourth-order valence-electron chi connectivity index (χ4n) is 4.61. The van der Waals surface area contributed by atoms with Gasteiger partial charge in [-0.1, -0.05) is 56.3 Å². The number of nitrogens with one attached hydrogen (secondary N) is 3. The number of piperidine rings is 1. The lowest BCUT2D eigenvalue weighted by molar-refractivity contribution is -0.109. The normalized spacial score (nSPS) is 13.5. The van der Waals surface area contributed by atoms with E-state index in [0.717, 1.165) is 24.0 Å². The maximum atomic E-state index is 13.4. The summed E-state index contributed by atoms with van der Waals surface area (Å²) < 4.78 is 13.3. The van der Waals surface area contributed by atoms with Crippen LogP contribution < -0.4 is 10.6 Å². The molecule has 1 aliphatic heterocycles. The number of amides is 2. The highest BCUT2D eigenvalue weighted by molar-refractivity contribution is 6.00. The van der Waals surface area contributed by atoms with E-state index in [4.69, 9.17) is 4.98 Å². The number of anilines is 1. The van der Waals surface area contributed by atoms with E-state index in [1.54, 1.807) is 6.07 Å². The molecule has 0 radical (unpaired) electrons. The molecule has 38 heavy (non-hydrogen) atoms. The van der Waals surface area contributed by atoms with Crippen LogP contribution in [0.1, 0.15) is 48.7 Å². The van der Waals surface area contributed by atoms with Crippen molar-refractivity contribution in [1.29, 1.82) is 0 Å². The molecule has 3 N–H and O–H groups in total. The maximum Gasteiger partial charge on any atom is 0.270 e. The first-order valence-corrected chi connectivity index (χ1v) is 13.0. The number of rotatable bonds is 8. The first kappa shape index (κ1) is 26.8. The van der Waals surface area contributed by atoms with Crippen LogP contribution in [0.5, 0.6) is 0 Å². The van der Waals surface area contributed by atoms with Crippen LogP contribution in [0.25, 0.3) is 22.4 Å². The van der Waals surface area contributed by atoms with Gasteiger partial charge in [-0.2, -0.15) is 0 Å². The lowest BCUT2D eigenvalue weighted by atomic mass is 9.89. The number of carbonyl (C=O) groups excluding carboxylic acids is 2. The Kier molecular flexibility index (Phi) is 9.02. The molecular formula is C29H33FN6O2. The van der Waals surface area contributed by atoms with Crippen molar-refractivity contribution in [3.05, 3.63) is 77.7 Å². The quantitative estimate of drug-likeness (QED) is 0.227. The molecule has 0 spiro atoms. The third-order valence-electron chi connectivity index (χ3n) is 6.52. The largest absolute Gasteiger partial charge is 0.368 e. The predicted octanol–water partition coefficient (Wildman–Crippen LogP) is 4.97. The molecular weight excluding hydrogens is 483 g/mol. The van der Waals surface area contributed by atoms with Crippen LogP contribution in [0.2, 0.25) is 0 Å². The van der Waals surface area contributed by atoms with E-state index < -0.39 is 0 Å². The van der Waals surface area contributed by atoms with Gasteiger partial charge in [-0.3, -0.25) is 9.59 Å². The topological polar surface area (TPSA) is 103 Å². The number of likely N-dealkylation sites (tertiary alicyclic amines) is 1. The maximum absolute atomic E-state index is 13.4. The Balaban J connectivity index is 0.00000164. The second-order valence-corrected chi connectivity index (χ2v) is 8.82. The highest BCUT2D eigenvalue weighted by Gasteiger charge is 2.26. The number of fused-ring (bicyclic) bond motifs is 1. The van der Waals surface area contributed by atoms with Crippen molar-refractivity contribution in [1.82, 2.24) is 25.2 Å². The SMILES string of the molecule is CC.O=CNCCNc1nc(-c2ccccc2)nc2[nH]c(C(=O)N3CCC(c4ccc(F)cc4)CC3)cc12. The molecule has 0 saturated carbocycles. The van der Waals surface area contributed by atoms with Crippen LogP contribution in [-0.2, 0) is 4.79 Å². The number of benzene rings is 2. The minimum absolute atomic E-state index is 0.0830. The van der Waals surface area contributed by atoms with Crippen molar-refractivity contribution in [2.24, 2.45) is 0 Å². The van der Waals surface area contributed by atoms with Crippen LogP contribution in [0.3, 0.4) is 0 Å². The second kappa shape index (κ2) is 12.8. The molecule has 0 atom stereocenters. The van der Waals surface area contributed by atoms with Gasteiger partial charge < -0.3 is 20.5 Å². The highest BCUT2D eigenvalue weighted by atomic mass is 19.1. The van der Waals surface area contributed by atoms with Crippen molar-refractivity contribution in [3.8, 4) is 11.4 Å². The molecule has 5 rings (SSSR count). The summed E-state index contributed by atoms with van der Waals surface area (Å²) in [4.78, 5) is 38.3. The third kappa shape index (κ3) is 6.16. The van der Waals surface area contributed by atoms with Crippen molar-refractivity contribution in [3.63, 3.8) is 0 Å². The highest BCUT2D eigenvalue weighted by Crippen LogP contribution is 2.30. The van der Waals surface area contributed by atoms with Gasteiger partial charge in [0.2, 0.25) is 6.41 Å². The van der Waals surface area contributed by atoms with Gasteiger partial charge in [-0.05, 0) is 42.5 Å². The van der Waals surface area contributed by atoms with Gasteiger partial charge in [0.05, 0.1) is 5.39 Å². The van der Waals surface area contributed by atoms with Crippen LogP contribution >= 0.6 is 0 Å². The number of carbonyl (C=O) groups is 2. The van der Waals surface area contributed by atoms with E-state index in [1.807, 2.05) is 61.2 Å². The summed E-state index contributed by atoms with van der Waals surface area (Å²) in [7, 11) is 0. The van der Waals surface area contributed by atoms with Crippen molar-refractivity contribution in [2.45, 2.75) is 32.6 Å². The number of nitrogens with zero attached hydrogens (tertiary/aromatic N) is 3. The molecule has 0 bridgehead atoms. The third-order valence-corrected chi connectivity index (χ3v) is 6.52. The van der Waals surface area contributed by atoms with Crippen molar-refractivity contribution in [2.75, 3.05) is 31.5 Å². The molecule has 2 aromatic carbocycles. The van der Waals surface area contributed by atoms with Crippen LogP contribution in [0, 0.1) is 5.82 Å².